The van der Waals surface area contributed by atoms with Crippen molar-refractivity contribution >= 4 is 17.9 Å². The lowest BCUT2D eigenvalue weighted by Gasteiger charge is -2.25. The summed E-state index contributed by atoms with van der Waals surface area (Å²) in [4.78, 5) is 9.02. The largest absolute Gasteiger partial charge is 0.494 e. The van der Waals surface area contributed by atoms with Crippen molar-refractivity contribution in [3.8, 4) is 17.2 Å². The van der Waals surface area contributed by atoms with E-state index in [0.717, 1.165) is 23.5 Å². The van der Waals surface area contributed by atoms with Gasteiger partial charge in [-0.2, -0.15) is 0 Å². The van der Waals surface area contributed by atoms with Crippen molar-refractivity contribution in [2.45, 2.75) is 58.0 Å². The third-order valence-corrected chi connectivity index (χ3v) is 6.26. The minimum atomic E-state index is -0.318. The van der Waals surface area contributed by atoms with Crippen molar-refractivity contribution < 1.29 is 18.9 Å². The molecule has 2 atom stereocenters. The molecule has 3 rings (SSSR count). The number of hydrogen-bond donors (Lipinski definition) is 1. The lowest BCUT2D eigenvalue weighted by molar-refractivity contribution is 0.00284. The topological polar surface area (TPSA) is 105 Å². The molecule has 0 aliphatic heterocycles. The molecule has 11 heteroatoms. The van der Waals surface area contributed by atoms with E-state index in [1.165, 1.54) is 11.9 Å². The van der Waals surface area contributed by atoms with Crippen LogP contribution in [0.15, 0.2) is 30.6 Å². The Morgan fingerprint density at radius 3 is 2.25 bits per heavy atom. The number of aryl methyl sites for hydroxylation is 2. The molecule has 10 nitrogen and oxygen atoms in total. The predicted octanol–water partition coefficient (Wildman–Crippen LogP) is 4.58. The monoisotopic (exact) mass is 516 g/mol. The summed E-state index contributed by atoms with van der Waals surface area (Å²) in [6.07, 6.45) is 4.77. The summed E-state index contributed by atoms with van der Waals surface area (Å²) >= 11 is 1.47. The van der Waals surface area contributed by atoms with E-state index in [1.807, 2.05) is 43.5 Å². The van der Waals surface area contributed by atoms with Gasteiger partial charge >= 0.3 is 0 Å². The van der Waals surface area contributed by atoms with Crippen LogP contribution in [0, 0.1) is 6.92 Å². The molecule has 0 aliphatic rings. The first-order valence-corrected chi connectivity index (χ1v) is 12.8. The lowest BCUT2D eigenvalue weighted by Crippen LogP contribution is -2.23. The van der Waals surface area contributed by atoms with Crippen molar-refractivity contribution in [2.75, 3.05) is 32.7 Å². The van der Waals surface area contributed by atoms with Gasteiger partial charge in [0.05, 0.1) is 25.6 Å². The molecule has 1 N–H and O–H groups in total. The number of nitrogens with one attached hydrogen (secondary N) is 1. The lowest BCUT2D eigenvalue weighted by atomic mass is 10.2. The molecule has 0 radical (unpaired) electrons. The Labute approximate surface area is 217 Å². The Morgan fingerprint density at radius 1 is 1.00 bits per heavy atom. The molecule has 0 fully saturated rings. The summed E-state index contributed by atoms with van der Waals surface area (Å²) in [6, 6.07) is 5.66. The van der Waals surface area contributed by atoms with Gasteiger partial charge < -0.3 is 18.9 Å². The van der Waals surface area contributed by atoms with Crippen LogP contribution in [0.1, 0.15) is 50.5 Å². The van der Waals surface area contributed by atoms with E-state index in [4.69, 9.17) is 18.9 Å². The van der Waals surface area contributed by atoms with Crippen LogP contribution in [0.2, 0.25) is 0 Å². The van der Waals surface area contributed by atoms with E-state index in [0.29, 0.717) is 36.3 Å². The first-order valence-electron chi connectivity index (χ1n) is 11.9. The number of nitrogens with zero attached hydrogens (tertiary/aromatic N) is 5. The van der Waals surface area contributed by atoms with Gasteiger partial charge in [-0.05, 0) is 63.8 Å². The van der Waals surface area contributed by atoms with Crippen molar-refractivity contribution in [1.82, 2.24) is 24.7 Å². The van der Waals surface area contributed by atoms with Gasteiger partial charge in [-0.1, -0.05) is 6.07 Å². The van der Waals surface area contributed by atoms with Crippen LogP contribution < -0.4 is 14.2 Å². The van der Waals surface area contributed by atoms with E-state index < -0.39 is 0 Å². The van der Waals surface area contributed by atoms with E-state index >= 15 is 0 Å². The standard InChI is InChI=1S/C25H36N6O4S/c1-16(2)35-23(24-26-14-17(3)15-27-24)18(4)36-30-25-29-28-21(12-9-13-32-5)31(25)22-19(33-6)10-8-11-20(22)34-7/h8,10-11,14-16,18,23H,9,12-13H2,1-7H3,(H,29,30)/t18?,23-/m1/s1. The van der Waals surface area contributed by atoms with Gasteiger partial charge in [0.2, 0.25) is 5.95 Å². The highest BCUT2D eigenvalue weighted by Crippen LogP contribution is 2.37. The fourth-order valence-corrected chi connectivity index (χ4v) is 4.37. The molecule has 2 heterocycles. The molecule has 0 saturated heterocycles. The molecule has 0 amide bonds. The molecule has 0 aliphatic carbocycles. The average Bonchev–Trinajstić information content (AvgIpc) is 3.28. The predicted molar refractivity (Wildman–Crippen MR) is 141 cm³/mol. The van der Waals surface area contributed by atoms with Gasteiger partial charge in [0.15, 0.2) is 5.82 Å². The van der Waals surface area contributed by atoms with E-state index in [-0.39, 0.29) is 17.5 Å². The number of rotatable bonds is 14. The van der Waals surface area contributed by atoms with Crippen LogP contribution >= 0.6 is 11.9 Å². The van der Waals surface area contributed by atoms with Gasteiger partial charge in [0.25, 0.3) is 0 Å². The Balaban J connectivity index is 1.92. The number of methoxy groups -OCH3 is 3. The molecule has 0 saturated carbocycles. The third-order valence-electron chi connectivity index (χ3n) is 5.34. The minimum Gasteiger partial charge on any atom is -0.494 e. The van der Waals surface area contributed by atoms with Crippen molar-refractivity contribution in [3.05, 3.63) is 47.8 Å². The molecule has 196 valence electrons. The molecule has 0 spiro atoms. The van der Waals surface area contributed by atoms with Crippen LogP contribution in [0.5, 0.6) is 11.5 Å². The Kier molecular flexibility index (Phi) is 10.3. The van der Waals surface area contributed by atoms with Crippen LogP contribution in [0.4, 0.5) is 5.95 Å². The van der Waals surface area contributed by atoms with Gasteiger partial charge in [0.1, 0.15) is 29.1 Å². The zero-order valence-electron chi connectivity index (χ0n) is 22.0. The van der Waals surface area contributed by atoms with E-state index in [2.05, 4.69) is 31.8 Å². The molecular formula is C25H36N6O4S. The van der Waals surface area contributed by atoms with Crippen LogP contribution in [-0.4, -0.2) is 64.0 Å². The number of ether oxygens (including phenoxy) is 4. The summed E-state index contributed by atoms with van der Waals surface area (Å²) in [6.45, 7) is 8.66. The highest BCUT2D eigenvalue weighted by Gasteiger charge is 2.27. The third kappa shape index (κ3) is 6.86. The average molecular weight is 517 g/mol. The van der Waals surface area contributed by atoms with Crippen molar-refractivity contribution in [3.63, 3.8) is 0 Å². The smallest absolute Gasteiger partial charge is 0.239 e. The Morgan fingerprint density at radius 2 is 1.67 bits per heavy atom. The number of anilines is 1. The maximum atomic E-state index is 6.20. The maximum Gasteiger partial charge on any atom is 0.239 e. The van der Waals surface area contributed by atoms with Crippen LogP contribution in [0.3, 0.4) is 0 Å². The highest BCUT2D eigenvalue weighted by atomic mass is 32.2. The number of hydrogen-bond acceptors (Lipinski definition) is 10. The molecule has 3 aromatic rings. The quantitative estimate of drug-likeness (QED) is 0.242. The van der Waals surface area contributed by atoms with E-state index in [9.17, 15) is 0 Å². The first-order chi connectivity index (χ1) is 17.4. The van der Waals surface area contributed by atoms with Crippen molar-refractivity contribution in [1.29, 1.82) is 0 Å². The Bertz CT molecular complexity index is 1070. The molecular weight excluding hydrogens is 480 g/mol. The summed E-state index contributed by atoms with van der Waals surface area (Å²) in [5.41, 5.74) is 1.73. The van der Waals surface area contributed by atoms with Gasteiger partial charge in [-0.3, -0.25) is 9.29 Å². The number of benzene rings is 1. The molecule has 0 bridgehead atoms. The van der Waals surface area contributed by atoms with Gasteiger partial charge in [-0.25, -0.2) is 9.97 Å². The first kappa shape index (κ1) is 27.7. The zero-order valence-corrected chi connectivity index (χ0v) is 22.8. The SMILES string of the molecule is COCCCc1nnc(NSC(C)[C@@H](OC(C)C)c2ncc(C)cn2)n1-c1c(OC)cccc1OC. The number of aromatic nitrogens is 5. The molecule has 36 heavy (non-hydrogen) atoms. The number of para-hydroxylation sites is 1. The van der Waals surface area contributed by atoms with Crippen LogP contribution in [0.25, 0.3) is 5.69 Å². The summed E-state index contributed by atoms with van der Waals surface area (Å²) < 4.78 is 28.1. The Hall–Kier alpha value is -2.89. The fraction of sp³-hybridized carbons (Fsp3) is 0.520. The second-order valence-corrected chi connectivity index (χ2v) is 9.72. The van der Waals surface area contributed by atoms with Crippen LogP contribution in [-0.2, 0) is 15.9 Å². The second-order valence-electron chi connectivity index (χ2n) is 8.53. The fourth-order valence-electron chi connectivity index (χ4n) is 3.64. The molecule has 2 aromatic heterocycles. The maximum absolute atomic E-state index is 6.20. The van der Waals surface area contributed by atoms with Gasteiger partial charge in [-0.15, -0.1) is 10.2 Å². The summed E-state index contributed by atoms with van der Waals surface area (Å²) in [7, 11) is 4.95. The summed E-state index contributed by atoms with van der Waals surface area (Å²) in [5.74, 6) is 3.26. The highest BCUT2D eigenvalue weighted by molar-refractivity contribution is 8.01. The normalized spacial score (nSPS) is 13.0. The van der Waals surface area contributed by atoms with E-state index in [1.54, 1.807) is 33.7 Å². The van der Waals surface area contributed by atoms with Gasteiger partial charge in [0, 0.05) is 32.5 Å². The minimum absolute atomic E-state index is 0.0110. The zero-order chi connectivity index (χ0) is 26.1. The molecule has 1 aromatic carbocycles. The van der Waals surface area contributed by atoms with Crippen molar-refractivity contribution in [2.24, 2.45) is 0 Å². The summed E-state index contributed by atoms with van der Waals surface area (Å²) in [5, 5.41) is 8.88. The second kappa shape index (κ2) is 13.4. The molecule has 1 unspecified atom stereocenters.